The first-order chi connectivity index (χ1) is 12.7. The smallest absolute Gasteiger partial charge is 0.408 e. The van der Waals surface area contributed by atoms with E-state index in [1.54, 1.807) is 0 Å². The quantitative estimate of drug-likeness (QED) is 0.360. The summed E-state index contributed by atoms with van der Waals surface area (Å²) in [5, 5.41) is 23.8. The second-order valence-electron chi connectivity index (χ2n) is 5.86. The van der Waals surface area contributed by atoms with Crippen molar-refractivity contribution in [2.45, 2.75) is 31.0 Å². The van der Waals surface area contributed by atoms with E-state index in [0.29, 0.717) is 6.54 Å². The Morgan fingerprint density at radius 1 is 1.30 bits per heavy atom. The van der Waals surface area contributed by atoms with Crippen LogP contribution in [0.3, 0.4) is 0 Å². The van der Waals surface area contributed by atoms with E-state index < -0.39 is 29.6 Å². The molecule has 1 aromatic rings. The first kappa shape index (κ1) is 21.7. The van der Waals surface area contributed by atoms with Crippen LogP contribution in [0.4, 0.5) is 4.79 Å². The van der Waals surface area contributed by atoms with Gasteiger partial charge in [-0.1, -0.05) is 48.4 Å². The zero-order chi connectivity index (χ0) is 20.4. The van der Waals surface area contributed by atoms with Gasteiger partial charge >= 0.3 is 18.0 Å². The summed E-state index contributed by atoms with van der Waals surface area (Å²) in [6.07, 6.45) is 3.89. The highest BCUT2D eigenvalue weighted by Gasteiger charge is 2.39. The van der Waals surface area contributed by atoms with Crippen molar-refractivity contribution in [2.24, 2.45) is 0 Å². The summed E-state index contributed by atoms with van der Waals surface area (Å²) in [5.41, 5.74) is -0.933. The summed E-state index contributed by atoms with van der Waals surface area (Å²) < 4.78 is 4.40. The molecule has 27 heavy (non-hydrogen) atoms. The van der Waals surface area contributed by atoms with Crippen LogP contribution in [0.15, 0.2) is 42.5 Å². The van der Waals surface area contributed by atoms with Gasteiger partial charge in [-0.3, -0.25) is 10.1 Å². The molecule has 4 N–H and O–H groups in total. The second kappa shape index (κ2) is 9.99. The van der Waals surface area contributed by atoms with Crippen molar-refractivity contribution in [3.05, 3.63) is 48.0 Å². The number of terminal acetylenes is 1. The van der Waals surface area contributed by atoms with Gasteiger partial charge in [-0.2, -0.15) is 0 Å². The molecule has 2 unspecified atom stereocenters. The molecule has 0 bridgehead atoms. The van der Waals surface area contributed by atoms with Crippen LogP contribution in [-0.2, 0) is 20.9 Å². The van der Waals surface area contributed by atoms with Crippen LogP contribution in [0, 0.1) is 12.3 Å². The topological polar surface area (TPSA) is 125 Å². The summed E-state index contributed by atoms with van der Waals surface area (Å²) in [6, 6.07) is 8.19. The minimum absolute atomic E-state index is 0.0677. The van der Waals surface area contributed by atoms with Gasteiger partial charge in [0.15, 0.2) is 0 Å². The summed E-state index contributed by atoms with van der Waals surface area (Å²) in [6.45, 7) is 4.04. The lowest BCUT2D eigenvalue weighted by molar-refractivity contribution is -0.142. The number of nitrogens with one attached hydrogen (secondary N) is 2. The third kappa shape index (κ3) is 6.49. The zero-order valence-corrected chi connectivity index (χ0v) is 14.9. The van der Waals surface area contributed by atoms with Gasteiger partial charge in [-0.15, -0.1) is 6.42 Å². The third-order valence-corrected chi connectivity index (χ3v) is 3.81. The molecule has 1 rings (SSSR count). The number of hydrogen-bond acceptors (Lipinski definition) is 5. The van der Waals surface area contributed by atoms with Gasteiger partial charge in [0.05, 0.1) is 7.11 Å². The van der Waals surface area contributed by atoms with Gasteiger partial charge in [-0.05, 0) is 12.0 Å². The van der Waals surface area contributed by atoms with Crippen LogP contribution < -0.4 is 10.6 Å². The zero-order valence-electron chi connectivity index (χ0n) is 14.9. The van der Waals surface area contributed by atoms with E-state index in [4.69, 9.17) is 6.42 Å². The number of carboxylic acid groups (broad SMARTS) is 2. The molecule has 0 saturated heterocycles. The van der Waals surface area contributed by atoms with E-state index >= 15 is 0 Å². The summed E-state index contributed by atoms with van der Waals surface area (Å²) in [7, 11) is 1.07. The van der Waals surface area contributed by atoms with Crippen molar-refractivity contribution < 1.29 is 29.3 Å². The molecule has 0 aliphatic heterocycles. The highest BCUT2D eigenvalue weighted by Crippen LogP contribution is 2.20. The fraction of sp³-hybridized carbons (Fsp3) is 0.316. The van der Waals surface area contributed by atoms with Crippen LogP contribution in [0.25, 0.3) is 0 Å². The molecule has 0 aliphatic rings. The Kier molecular flexibility index (Phi) is 8.04. The van der Waals surface area contributed by atoms with Gasteiger partial charge in [0, 0.05) is 13.0 Å². The molecular formula is C19H22N2O6. The number of methoxy groups -OCH3 is 1. The minimum Gasteiger partial charge on any atom is -0.480 e. The standard InChI is InChI=1S/C19H22N2O6/c1-4-19(17(24)25,21-18(26)27-3)11-13(2)10-15(16(22)23)20-12-14-8-6-5-7-9-14/h1,5-9,15,20H,2,10-12H2,3H3,(H,21,26)(H,22,23)(H,24,25). The number of hydrogen-bond donors (Lipinski definition) is 4. The first-order valence-corrected chi connectivity index (χ1v) is 7.98. The van der Waals surface area contributed by atoms with Gasteiger partial charge in [0.2, 0.25) is 5.54 Å². The van der Waals surface area contributed by atoms with Gasteiger partial charge < -0.3 is 20.3 Å². The number of rotatable bonds is 10. The van der Waals surface area contributed by atoms with Crippen molar-refractivity contribution in [1.82, 2.24) is 10.6 Å². The first-order valence-electron chi connectivity index (χ1n) is 7.98. The summed E-state index contributed by atoms with van der Waals surface area (Å²) >= 11 is 0. The molecular weight excluding hydrogens is 352 g/mol. The van der Waals surface area contributed by atoms with Crippen LogP contribution in [-0.4, -0.2) is 46.9 Å². The number of carbonyl (C=O) groups excluding carboxylic acids is 1. The van der Waals surface area contributed by atoms with Gasteiger partial charge in [-0.25, -0.2) is 9.59 Å². The molecule has 8 heteroatoms. The average molecular weight is 374 g/mol. The van der Waals surface area contributed by atoms with Crippen molar-refractivity contribution in [3.63, 3.8) is 0 Å². The molecule has 0 radical (unpaired) electrons. The number of carbonyl (C=O) groups is 3. The third-order valence-electron chi connectivity index (χ3n) is 3.81. The molecule has 0 heterocycles. The molecule has 0 aliphatic carbocycles. The van der Waals surface area contributed by atoms with E-state index in [-0.39, 0.29) is 18.4 Å². The number of aliphatic carboxylic acids is 2. The molecule has 0 aromatic heterocycles. The largest absolute Gasteiger partial charge is 0.480 e. The van der Waals surface area contributed by atoms with Crippen molar-refractivity contribution in [2.75, 3.05) is 7.11 Å². The Balaban J connectivity index is 2.81. The molecule has 1 aromatic carbocycles. The minimum atomic E-state index is -2.08. The number of carboxylic acids is 2. The highest BCUT2D eigenvalue weighted by molar-refractivity contribution is 5.88. The number of amides is 1. The molecule has 8 nitrogen and oxygen atoms in total. The van der Waals surface area contributed by atoms with E-state index in [2.05, 4.69) is 21.9 Å². The molecule has 0 fully saturated rings. The maximum absolute atomic E-state index is 11.6. The van der Waals surface area contributed by atoms with Crippen LogP contribution in [0.1, 0.15) is 18.4 Å². The van der Waals surface area contributed by atoms with E-state index in [0.717, 1.165) is 12.7 Å². The average Bonchev–Trinajstić information content (AvgIpc) is 2.64. The lowest BCUT2D eigenvalue weighted by Crippen LogP contribution is -2.54. The predicted octanol–water partition coefficient (Wildman–Crippen LogP) is 1.38. The maximum atomic E-state index is 11.6. The van der Waals surface area contributed by atoms with Gasteiger partial charge in [0.1, 0.15) is 6.04 Å². The van der Waals surface area contributed by atoms with Crippen LogP contribution >= 0.6 is 0 Å². The van der Waals surface area contributed by atoms with E-state index in [1.165, 1.54) is 0 Å². The Morgan fingerprint density at radius 3 is 2.41 bits per heavy atom. The molecule has 2 atom stereocenters. The maximum Gasteiger partial charge on any atom is 0.408 e. The number of alkyl carbamates (subject to hydrolysis) is 1. The molecule has 1 amide bonds. The molecule has 0 saturated carbocycles. The lowest BCUT2D eigenvalue weighted by Gasteiger charge is -2.26. The van der Waals surface area contributed by atoms with E-state index in [1.807, 2.05) is 36.3 Å². The predicted molar refractivity (Wildman–Crippen MR) is 97.8 cm³/mol. The second-order valence-corrected chi connectivity index (χ2v) is 5.86. The SMILES string of the molecule is C#CC(CC(=C)CC(NCc1ccccc1)C(=O)O)(NC(=O)OC)C(=O)O. The van der Waals surface area contributed by atoms with E-state index in [9.17, 15) is 24.6 Å². The van der Waals surface area contributed by atoms with Crippen molar-refractivity contribution in [1.29, 1.82) is 0 Å². The Morgan fingerprint density at radius 2 is 1.93 bits per heavy atom. The van der Waals surface area contributed by atoms with Gasteiger partial charge in [0.25, 0.3) is 0 Å². The Labute approximate surface area is 157 Å². The number of ether oxygens (including phenoxy) is 1. The summed E-state index contributed by atoms with van der Waals surface area (Å²) in [5.74, 6) is -0.556. The fourth-order valence-electron chi connectivity index (χ4n) is 2.37. The Hall–Kier alpha value is -3.31. The number of benzene rings is 1. The normalized spacial score (nSPS) is 13.5. The lowest BCUT2D eigenvalue weighted by atomic mass is 9.89. The molecule has 144 valence electrons. The molecule has 0 spiro atoms. The van der Waals surface area contributed by atoms with Crippen molar-refractivity contribution in [3.8, 4) is 12.3 Å². The van der Waals surface area contributed by atoms with Crippen LogP contribution in [0.2, 0.25) is 0 Å². The Bertz CT molecular complexity index is 740. The fourth-order valence-corrected chi connectivity index (χ4v) is 2.37. The highest BCUT2D eigenvalue weighted by atomic mass is 16.5. The monoisotopic (exact) mass is 374 g/mol. The van der Waals surface area contributed by atoms with Crippen LogP contribution in [0.5, 0.6) is 0 Å². The van der Waals surface area contributed by atoms with Crippen molar-refractivity contribution >= 4 is 18.0 Å². The summed E-state index contributed by atoms with van der Waals surface area (Å²) in [4.78, 5) is 34.5.